The van der Waals surface area contributed by atoms with Crippen LogP contribution in [0.1, 0.15) is 64.6 Å². The molecule has 2 fully saturated rings. The Morgan fingerprint density at radius 1 is 1.11 bits per heavy atom. The number of hydrogen-bond donors (Lipinski definition) is 2. The van der Waals surface area contributed by atoms with Crippen molar-refractivity contribution >= 4 is 23.2 Å². The fourth-order valence-corrected chi connectivity index (χ4v) is 5.72. The minimum atomic E-state index is -0.0712. The van der Waals surface area contributed by atoms with Crippen LogP contribution in [0.25, 0.3) is 5.65 Å². The summed E-state index contributed by atoms with van der Waals surface area (Å²) in [6, 6.07) is 4.10. The Kier molecular flexibility index (Phi) is 5.37. The van der Waals surface area contributed by atoms with Gasteiger partial charge in [0, 0.05) is 73.9 Å². The van der Waals surface area contributed by atoms with Crippen molar-refractivity contribution in [1.82, 2.24) is 29.9 Å². The molecule has 0 bridgehead atoms. The fraction of sp³-hybridized carbons (Fsp3) is 0.520. The van der Waals surface area contributed by atoms with Crippen LogP contribution in [0.3, 0.4) is 0 Å². The van der Waals surface area contributed by atoms with E-state index in [-0.39, 0.29) is 18.0 Å². The van der Waals surface area contributed by atoms with Crippen LogP contribution in [0.5, 0.6) is 0 Å². The van der Waals surface area contributed by atoms with E-state index in [0.717, 1.165) is 90.7 Å². The Hall–Kier alpha value is -3.24. The van der Waals surface area contributed by atoms with Crippen LogP contribution in [0.4, 0.5) is 11.6 Å². The molecule has 2 saturated heterocycles. The molecule has 3 aromatic rings. The second-order valence-electron chi connectivity index (χ2n) is 10.1. The number of pyridine rings is 1. The van der Waals surface area contributed by atoms with Gasteiger partial charge in [-0.25, -0.2) is 19.9 Å². The van der Waals surface area contributed by atoms with E-state index in [0.29, 0.717) is 6.54 Å². The van der Waals surface area contributed by atoms with Gasteiger partial charge in [0.2, 0.25) is 0 Å². The predicted molar refractivity (Wildman–Crippen MR) is 134 cm³/mol. The van der Waals surface area contributed by atoms with Crippen molar-refractivity contribution in [3.63, 3.8) is 0 Å². The topological polar surface area (TPSA) is 108 Å². The number of nitrogens with zero attached hydrogens (tertiary/aromatic N) is 7. The molecule has 0 unspecified atom stereocenters. The molecule has 184 valence electrons. The zero-order valence-electron chi connectivity index (χ0n) is 20.7. The van der Waals surface area contributed by atoms with Crippen LogP contribution in [0, 0.1) is 13.8 Å². The van der Waals surface area contributed by atoms with Crippen LogP contribution in [-0.4, -0.2) is 63.1 Å². The average Bonchev–Trinajstić information content (AvgIpc) is 3.56. The predicted octanol–water partition coefficient (Wildman–Crippen LogP) is 2.10. The highest BCUT2D eigenvalue weighted by atomic mass is 16.2. The molecular formula is C25H33N9O. The van der Waals surface area contributed by atoms with Gasteiger partial charge in [-0.3, -0.25) is 9.80 Å². The lowest BCUT2D eigenvalue weighted by atomic mass is 9.97. The molecule has 3 aliphatic heterocycles. The number of nitrogens with two attached hydrogens (primary N) is 1. The van der Waals surface area contributed by atoms with E-state index in [4.69, 9.17) is 15.8 Å². The smallest absolute Gasteiger partial charge is 0.254 e. The van der Waals surface area contributed by atoms with E-state index in [2.05, 4.69) is 22.2 Å². The van der Waals surface area contributed by atoms with E-state index in [1.54, 1.807) is 0 Å². The average molecular weight is 476 g/mol. The molecule has 0 radical (unpaired) electrons. The maximum absolute atomic E-state index is 13.9. The van der Waals surface area contributed by atoms with Crippen molar-refractivity contribution in [3.8, 4) is 0 Å². The Morgan fingerprint density at radius 2 is 1.97 bits per heavy atom. The number of amides is 1. The number of aromatic nitrogens is 4. The zero-order valence-corrected chi connectivity index (χ0v) is 20.7. The van der Waals surface area contributed by atoms with Crippen molar-refractivity contribution < 1.29 is 4.79 Å². The largest absolute Gasteiger partial charge is 0.355 e. The van der Waals surface area contributed by atoms with Crippen LogP contribution in [-0.2, 0) is 6.54 Å². The number of rotatable bonds is 3. The highest BCUT2D eigenvalue weighted by Crippen LogP contribution is 2.35. The van der Waals surface area contributed by atoms with Gasteiger partial charge in [-0.2, -0.15) is 5.10 Å². The molecule has 10 nitrogen and oxygen atoms in total. The first-order chi connectivity index (χ1) is 16.9. The Morgan fingerprint density at radius 3 is 2.77 bits per heavy atom. The Bertz CT molecular complexity index is 1300. The molecule has 3 aliphatic rings. The third-order valence-corrected chi connectivity index (χ3v) is 7.52. The van der Waals surface area contributed by atoms with Gasteiger partial charge in [0.15, 0.2) is 5.65 Å². The van der Waals surface area contributed by atoms with E-state index in [9.17, 15) is 4.79 Å². The minimum absolute atomic E-state index is 0.0569. The SMILES string of the molecule is Cc1cc(C(=O)N2CCCC[C@H]2c2cc3nc(N4CC[C@H](N)C4)c(C)cn3n2)c2c(n1)N(C)NC2. The van der Waals surface area contributed by atoms with Crippen molar-refractivity contribution in [3.05, 3.63) is 46.4 Å². The summed E-state index contributed by atoms with van der Waals surface area (Å²) in [4.78, 5) is 27.8. The molecule has 3 aromatic heterocycles. The molecule has 0 aliphatic carbocycles. The van der Waals surface area contributed by atoms with E-state index < -0.39 is 0 Å². The number of hydrogen-bond acceptors (Lipinski definition) is 8. The fourth-order valence-electron chi connectivity index (χ4n) is 5.72. The first-order valence-corrected chi connectivity index (χ1v) is 12.5. The van der Waals surface area contributed by atoms with Crippen LogP contribution in [0.2, 0.25) is 0 Å². The third-order valence-electron chi connectivity index (χ3n) is 7.52. The molecule has 1 amide bonds. The number of aryl methyl sites for hydroxylation is 2. The molecule has 6 rings (SSSR count). The Balaban J connectivity index is 1.34. The van der Waals surface area contributed by atoms with Crippen molar-refractivity contribution in [2.24, 2.45) is 5.73 Å². The summed E-state index contributed by atoms with van der Waals surface area (Å²) in [5.41, 5.74) is 14.7. The number of hydrazine groups is 1. The lowest BCUT2D eigenvalue weighted by Gasteiger charge is -2.35. The van der Waals surface area contributed by atoms with Crippen LogP contribution >= 0.6 is 0 Å². The minimum Gasteiger partial charge on any atom is -0.355 e. The standard InChI is InChI=1S/C25H33N9O/c1-15-13-34-22(29-23(15)32-9-7-17(26)14-32)11-20(30-34)21-6-4-5-8-33(21)25(35)18-10-16(2)28-24-19(18)12-27-31(24)3/h10-11,13,17,21,27H,4-9,12,14,26H2,1-3H3/t17-,21-/m0/s1. The lowest BCUT2D eigenvalue weighted by Crippen LogP contribution is -2.39. The molecule has 0 saturated carbocycles. The molecular weight excluding hydrogens is 442 g/mol. The van der Waals surface area contributed by atoms with Gasteiger partial charge in [-0.05, 0) is 45.6 Å². The third kappa shape index (κ3) is 3.81. The second-order valence-corrected chi connectivity index (χ2v) is 10.1. The van der Waals surface area contributed by atoms with Gasteiger partial charge in [-0.15, -0.1) is 0 Å². The number of fused-ring (bicyclic) bond motifs is 2. The summed E-state index contributed by atoms with van der Waals surface area (Å²) < 4.78 is 1.86. The van der Waals surface area contributed by atoms with Gasteiger partial charge in [0.1, 0.15) is 11.6 Å². The van der Waals surface area contributed by atoms with Crippen molar-refractivity contribution in [1.29, 1.82) is 0 Å². The van der Waals surface area contributed by atoms with Crippen molar-refractivity contribution in [2.75, 3.05) is 36.6 Å². The second kappa shape index (κ2) is 8.46. The van der Waals surface area contributed by atoms with Gasteiger partial charge in [-0.1, -0.05) is 0 Å². The molecule has 6 heterocycles. The summed E-state index contributed by atoms with van der Waals surface area (Å²) >= 11 is 0. The number of carbonyl (C=O) groups excluding carboxylic acids is 1. The van der Waals surface area contributed by atoms with Crippen LogP contribution < -0.4 is 21.1 Å². The molecule has 0 spiro atoms. The number of carbonyl (C=O) groups is 1. The quantitative estimate of drug-likeness (QED) is 0.593. The Labute approximate surface area is 205 Å². The normalized spacial score (nSPS) is 22.3. The van der Waals surface area contributed by atoms with Gasteiger partial charge in [0.25, 0.3) is 5.91 Å². The first-order valence-electron chi connectivity index (χ1n) is 12.5. The number of piperidine rings is 1. The monoisotopic (exact) mass is 475 g/mol. The summed E-state index contributed by atoms with van der Waals surface area (Å²) in [6.07, 6.45) is 5.99. The first kappa shape index (κ1) is 22.2. The highest BCUT2D eigenvalue weighted by Gasteiger charge is 2.34. The van der Waals surface area contributed by atoms with Gasteiger partial charge < -0.3 is 15.5 Å². The van der Waals surface area contributed by atoms with E-state index >= 15 is 0 Å². The lowest BCUT2D eigenvalue weighted by molar-refractivity contribution is 0.0604. The van der Waals surface area contributed by atoms with E-state index in [1.807, 2.05) is 46.7 Å². The summed E-state index contributed by atoms with van der Waals surface area (Å²) in [6.45, 7) is 7.10. The maximum atomic E-state index is 13.9. The molecule has 0 aromatic carbocycles. The van der Waals surface area contributed by atoms with Gasteiger partial charge in [0.05, 0.1) is 11.7 Å². The number of anilines is 2. The molecule has 2 atom stereocenters. The number of nitrogens with one attached hydrogen (secondary N) is 1. The summed E-state index contributed by atoms with van der Waals surface area (Å²) in [5.74, 6) is 1.87. The molecule has 3 N–H and O–H groups in total. The van der Waals surface area contributed by atoms with Crippen molar-refractivity contribution in [2.45, 2.75) is 58.2 Å². The zero-order chi connectivity index (χ0) is 24.3. The van der Waals surface area contributed by atoms with Gasteiger partial charge >= 0.3 is 0 Å². The summed E-state index contributed by atoms with van der Waals surface area (Å²) in [5, 5.41) is 6.79. The maximum Gasteiger partial charge on any atom is 0.254 e. The highest BCUT2D eigenvalue weighted by molar-refractivity contribution is 5.97. The number of likely N-dealkylation sites (tertiary alicyclic amines) is 1. The van der Waals surface area contributed by atoms with Crippen LogP contribution in [0.15, 0.2) is 18.3 Å². The molecule has 35 heavy (non-hydrogen) atoms. The summed E-state index contributed by atoms with van der Waals surface area (Å²) in [7, 11) is 1.94. The van der Waals surface area contributed by atoms with E-state index in [1.165, 1.54) is 0 Å². The molecule has 10 heteroatoms.